The van der Waals surface area contributed by atoms with Gasteiger partial charge in [0.05, 0.1) is 30.4 Å². The predicted octanol–water partition coefficient (Wildman–Crippen LogP) is 5.13. The molecule has 0 heterocycles. The average Bonchev–Trinajstić information content (AvgIpc) is 3.00. The molecule has 216 valence electrons. The minimum Gasteiger partial charge on any atom is -0.508 e. The van der Waals surface area contributed by atoms with Crippen LogP contribution in [0.2, 0.25) is 0 Å². The Morgan fingerprint density at radius 1 is 0.558 bits per heavy atom. The molecule has 4 aromatic carbocycles. The van der Waals surface area contributed by atoms with E-state index in [1.165, 1.54) is 79.9 Å². The fourth-order valence-electron chi connectivity index (χ4n) is 2.99. The molecule has 0 saturated heterocycles. The van der Waals surface area contributed by atoms with Crippen molar-refractivity contribution in [2.45, 2.75) is 20.0 Å². The fraction of sp³-hybridized carbons (Fsp3) is 0.156. The van der Waals surface area contributed by atoms with Crippen LogP contribution in [0.4, 0.5) is 0 Å². The van der Waals surface area contributed by atoms with Gasteiger partial charge in [0.15, 0.2) is 0 Å². The number of hydrogen-bond acceptors (Lipinski definition) is 9. The van der Waals surface area contributed by atoms with E-state index in [1.54, 1.807) is 0 Å². The smallest absolute Gasteiger partial charge is 0.338 e. The Morgan fingerprint density at radius 3 is 1.30 bits per heavy atom. The minimum atomic E-state index is -0.398. The van der Waals surface area contributed by atoms with E-state index in [2.05, 4.69) is 4.74 Å². The second kappa shape index (κ2) is 22.3. The zero-order chi connectivity index (χ0) is 30.0. The molecule has 0 bridgehead atoms. The van der Waals surface area contributed by atoms with E-state index in [-0.39, 0.29) is 88.9 Å². The number of benzene rings is 4. The molecule has 0 amide bonds. The van der Waals surface area contributed by atoms with E-state index in [0.717, 1.165) is 12.0 Å². The van der Waals surface area contributed by atoms with Crippen LogP contribution in [-0.2, 0) is 20.8 Å². The molecule has 9 nitrogen and oxygen atoms in total. The summed E-state index contributed by atoms with van der Waals surface area (Å²) in [6.45, 7) is 2.62. The molecule has 0 atom stereocenters. The normalized spacial score (nSPS) is 9.16. The van der Waals surface area contributed by atoms with Crippen LogP contribution >= 0.6 is 0 Å². The van der Waals surface area contributed by atoms with Crippen LogP contribution in [0.25, 0.3) is 0 Å². The first kappa shape index (κ1) is 39.7. The summed E-state index contributed by atoms with van der Waals surface area (Å²) in [6, 6.07) is 27.3. The van der Waals surface area contributed by atoms with Gasteiger partial charge in [0.25, 0.3) is 0 Å². The van der Waals surface area contributed by atoms with Crippen LogP contribution in [0.15, 0.2) is 103 Å². The Balaban J connectivity index is 0.000000617. The molecular formula is C32H32Na2O9. The fourth-order valence-corrected chi connectivity index (χ4v) is 2.99. The van der Waals surface area contributed by atoms with Gasteiger partial charge in [-0.25, -0.2) is 14.4 Å². The van der Waals surface area contributed by atoms with Crippen LogP contribution in [-0.4, -0.2) is 106 Å². The summed E-state index contributed by atoms with van der Waals surface area (Å²) in [5, 5.41) is 26.9. The zero-order valence-corrected chi connectivity index (χ0v) is 28.7. The Bertz CT molecular complexity index is 1360. The van der Waals surface area contributed by atoms with Crippen molar-refractivity contribution in [3.63, 3.8) is 0 Å². The molecule has 0 fully saturated rings. The van der Waals surface area contributed by atoms with Gasteiger partial charge >= 0.3 is 17.9 Å². The molecular weight excluding hydrogens is 574 g/mol. The average molecular weight is 607 g/mol. The molecule has 4 rings (SSSR count). The molecule has 2 radical (unpaired) electrons. The van der Waals surface area contributed by atoms with Gasteiger partial charge in [0.2, 0.25) is 0 Å². The second-order valence-corrected chi connectivity index (χ2v) is 8.33. The van der Waals surface area contributed by atoms with E-state index in [1.807, 2.05) is 37.3 Å². The summed E-state index contributed by atoms with van der Waals surface area (Å²) < 4.78 is 14.5. The van der Waals surface area contributed by atoms with E-state index >= 15 is 0 Å². The maximum absolute atomic E-state index is 11.6. The Hall–Kier alpha value is -3.31. The number of phenols is 3. The van der Waals surface area contributed by atoms with Crippen molar-refractivity contribution in [2.24, 2.45) is 0 Å². The van der Waals surface area contributed by atoms with Gasteiger partial charge in [0, 0.05) is 59.1 Å². The Morgan fingerprint density at radius 2 is 0.930 bits per heavy atom. The summed E-state index contributed by atoms with van der Waals surface area (Å²) in [4.78, 5) is 33.7. The van der Waals surface area contributed by atoms with E-state index in [0.29, 0.717) is 23.3 Å². The number of ether oxygens (including phenoxy) is 3. The molecule has 0 unspecified atom stereocenters. The zero-order valence-electron chi connectivity index (χ0n) is 24.7. The first-order valence-corrected chi connectivity index (χ1v) is 12.6. The van der Waals surface area contributed by atoms with Crippen LogP contribution in [0.1, 0.15) is 50.0 Å². The summed E-state index contributed by atoms with van der Waals surface area (Å²) in [5.74, 6) is -0.727. The quantitative estimate of drug-likeness (QED) is 0.149. The molecule has 3 N–H and O–H groups in total. The van der Waals surface area contributed by atoms with Crippen molar-refractivity contribution >= 4 is 77.0 Å². The maximum atomic E-state index is 11.6. The van der Waals surface area contributed by atoms with Crippen molar-refractivity contribution in [1.82, 2.24) is 0 Å². The van der Waals surface area contributed by atoms with Gasteiger partial charge in [-0.05, 0) is 84.8 Å². The van der Waals surface area contributed by atoms with Crippen molar-refractivity contribution in [2.75, 3.05) is 13.7 Å². The number of rotatable bonds is 7. The van der Waals surface area contributed by atoms with Crippen molar-refractivity contribution in [3.05, 3.63) is 125 Å². The van der Waals surface area contributed by atoms with Crippen LogP contribution in [0, 0.1) is 0 Å². The van der Waals surface area contributed by atoms with E-state index in [9.17, 15) is 14.4 Å². The van der Waals surface area contributed by atoms with Gasteiger partial charge < -0.3 is 29.5 Å². The molecule has 0 aliphatic heterocycles. The van der Waals surface area contributed by atoms with E-state index < -0.39 is 11.9 Å². The number of carbonyl (C=O) groups is 3. The van der Waals surface area contributed by atoms with Crippen molar-refractivity contribution in [1.29, 1.82) is 0 Å². The summed E-state index contributed by atoms with van der Waals surface area (Å²) in [6.07, 6.45) is 0.809. The van der Waals surface area contributed by atoms with E-state index in [4.69, 9.17) is 24.8 Å². The standard InChI is InChI=1S/C14H12O3.C10H12O3.C8H8O3.2Na/c15-13-8-6-12(7-9-13)14(16)17-10-11-4-2-1-3-5-11;1-2-7-13-10(12)8-3-5-9(11)6-4-8;1-11-8(10)6-2-4-7(9)5-3-6;;/h1-9,15H,10H2;3-6,11H,2,7H2,1H3;2-5,9H,1H3;;. The number of hydrogen-bond donors (Lipinski definition) is 3. The predicted molar refractivity (Wildman–Crippen MR) is 163 cm³/mol. The third-order valence-electron chi connectivity index (χ3n) is 5.14. The SMILES string of the molecule is CCCOC(=O)c1ccc(O)cc1.COC(=O)c1ccc(O)cc1.O=C(OCc1ccccc1)c1ccc(O)cc1.[Na].[Na]. The molecule has 0 aliphatic rings. The third-order valence-corrected chi connectivity index (χ3v) is 5.14. The molecule has 43 heavy (non-hydrogen) atoms. The molecule has 0 spiro atoms. The van der Waals surface area contributed by atoms with Crippen LogP contribution in [0.3, 0.4) is 0 Å². The summed E-state index contributed by atoms with van der Waals surface area (Å²) in [7, 11) is 1.31. The van der Waals surface area contributed by atoms with Gasteiger partial charge in [0.1, 0.15) is 23.9 Å². The Labute approximate surface area is 295 Å². The van der Waals surface area contributed by atoms with Crippen LogP contribution in [0.5, 0.6) is 17.2 Å². The molecule has 0 aromatic heterocycles. The first-order chi connectivity index (χ1) is 19.7. The maximum Gasteiger partial charge on any atom is 0.338 e. The molecule has 11 heteroatoms. The number of phenolic OH excluding ortho intramolecular Hbond substituents is 3. The minimum absolute atomic E-state index is 0. The summed E-state index contributed by atoms with van der Waals surface area (Å²) in [5.41, 5.74) is 2.27. The van der Waals surface area contributed by atoms with Crippen LogP contribution < -0.4 is 0 Å². The van der Waals surface area contributed by atoms with Gasteiger partial charge in [-0.15, -0.1) is 0 Å². The first-order valence-electron chi connectivity index (χ1n) is 12.6. The second-order valence-electron chi connectivity index (χ2n) is 8.33. The molecule has 0 saturated carbocycles. The monoisotopic (exact) mass is 606 g/mol. The topological polar surface area (TPSA) is 140 Å². The Kier molecular flexibility index (Phi) is 20.5. The molecule has 4 aromatic rings. The third kappa shape index (κ3) is 15.6. The largest absolute Gasteiger partial charge is 0.508 e. The number of methoxy groups -OCH3 is 1. The number of carbonyl (C=O) groups excluding carboxylic acids is 3. The van der Waals surface area contributed by atoms with Gasteiger partial charge in [-0.2, -0.15) is 0 Å². The van der Waals surface area contributed by atoms with Gasteiger partial charge in [-0.3, -0.25) is 0 Å². The summed E-state index contributed by atoms with van der Waals surface area (Å²) >= 11 is 0. The van der Waals surface area contributed by atoms with Gasteiger partial charge in [-0.1, -0.05) is 37.3 Å². The number of esters is 3. The molecule has 0 aliphatic carbocycles. The number of aromatic hydroxyl groups is 3. The van der Waals surface area contributed by atoms with Crippen molar-refractivity contribution in [3.8, 4) is 17.2 Å². The van der Waals surface area contributed by atoms with Crippen molar-refractivity contribution < 1.29 is 43.9 Å².